The number of nitrogens with one attached hydrogen (secondary N) is 1. The molecule has 2 aromatic rings. The van der Waals surface area contributed by atoms with Gasteiger partial charge in [-0.3, -0.25) is 4.79 Å². The predicted octanol–water partition coefficient (Wildman–Crippen LogP) is 5.78. The highest BCUT2D eigenvalue weighted by Gasteiger charge is 2.37. The fraction of sp³-hybridized carbons (Fsp3) is 0.208. The number of carbonyl (C=O) groups excluding carboxylic acids is 2. The second-order valence-electron chi connectivity index (χ2n) is 7.36. The van der Waals surface area contributed by atoms with E-state index in [1.807, 2.05) is 34.7 Å². The summed E-state index contributed by atoms with van der Waals surface area (Å²) in [4.78, 5) is 31.6. The van der Waals surface area contributed by atoms with Crippen LogP contribution in [-0.2, 0) is 14.3 Å². The fourth-order valence-corrected chi connectivity index (χ4v) is 4.68. The van der Waals surface area contributed by atoms with Crippen LogP contribution in [0.15, 0.2) is 70.3 Å². The molecule has 0 radical (unpaired) electrons. The van der Waals surface area contributed by atoms with Crippen molar-refractivity contribution in [1.29, 1.82) is 0 Å². The number of benzene rings is 2. The molecule has 0 unspecified atom stereocenters. The lowest BCUT2D eigenvalue weighted by Gasteiger charge is -2.33. The van der Waals surface area contributed by atoms with Crippen molar-refractivity contribution in [2.45, 2.75) is 19.9 Å². The summed E-state index contributed by atoms with van der Waals surface area (Å²) in [5, 5.41) is 6.17. The molecule has 2 aliphatic rings. The summed E-state index contributed by atoms with van der Waals surface area (Å²) >= 11 is 13.4. The van der Waals surface area contributed by atoms with Crippen molar-refractivity contribution in [2.75, 3.05) is 18.5 Å². The monoisotopic (exact) mass is 517 g/mol. The van der Waals surface area contributed by atoms with Crippen LogP contribution < -0.4 is 10.1 Å². The lowest BCUT2D eigenvalue weighted by molar-refractivity contribution is -0.139. The summed E-state index contributed by atoms with van der Waals surface area (Å²) in [7, 11) is 0. The highest BCUT2D eigenvalue weighted by atomic mass is 35.5. The van der Waals surface area contributed by atoms with Gasteiger partial charge in [0.25, 0.3) is 5.91 Å². The highest BCUT2D eigenvalue weighted by molar-refractivity contribution is 8.16. The first-order valence-corrected chi connectivity index (χ1v) is 12.1. The maximum Gasteiger partial charge on any atom is 0.338 e. The van der Waals surface area contributed by atoms with Crippen LogP contribution in [0.3, 0.4) is 0 Å². The van der Waals surface area contributed by atoms with Crippen molar-refractivity contribution >= 4 is 57.7 Å². The van der Waals surface area contributed by atoms with Gasteiger partial charge in [0, 0.05) is 11.9 Å². The van der Waals surface area contributed by atoms with Crippen LogP contribution in [0.5, 0.6) is 5.75 Å². The summed E-state index contributed by atoms with van der Waals surface area (Å²) in [6.07, 6.45) is 1.89. The molecule has 0 aliphatic carbocycles. The van der Waals surface area contributed by atoms with Gasteiger partial charge in [-0.2, -0.15) is 0 Å². The molecule has 10 heteroatoms. The van der Waals surface area contributed by atoms with Gasteiger partial charge in [-0.1, -0.05) is 47.1 Å². The summed E-state index contributed by atoms with van der Waals surface area (Å²) in [5.74, 6) is -0.273. The maximum absolute atomic E-state index is 12.8. The Morgan fingerprint density at radius 2 is 2.00 bits per heavy atom. The van der Waals surface area contributed by atoms with Gasteiger partial charge < -0.3 is 19.7 Å². The molecule has 176 valence electrons. The third-order valence-corrected chi connectivity index (χ3v) is 6.57. The summed E-state index contributed by atoms with van der Waals surface area (Å²) in [5.41, 5.74) is 2.40. The van der Waals surface area contributed by atoms with Gasteiger partial charge in [0.05, 0.1) is 34.0 Å². The van der Waals surface area contributed by atoms with E-state index in [4.69, 9.17) is 32.7 Å². The van der Waals surface area contributed by atoms with E-state index >= 15 is 0 Å². The number of carbonyl (C=O) groups is 2. The van der Waals surface area contributed by atoms with Gasteiger partial charge in [-0.25, -0.2) is 9.79 Å². The molecule has 2 aliphatic heterocycles. The number of esters is 1. The lowest BCUT2D eigenvalue weighted by Crippen LogP contribution is -2.34. The van der Waals surface area contributed by atoms with Crippen molar-refractivity contribution in [3.8, 4) is 5.75 Å². The molecule has 0 aromatic heterocycles. The number of anilines is 1. The van der Waals surface area contributed by atoms with E-state index in [1.165, 1.54) is 11.8 Å². The van der Waals surface area contributed by atoms with Crippen LogP contribution >= 0.6 is 35.0 Å². The minimum Gasteiger partial charge on any atom is -0.484 e. The van der Waals surface area contributed by atoms with Gasteiger partial charge >= 0.3 is 5.97 Å². The Balaban J connectivity index is 1.52. The quantitative estimate of drug-likeness (QED) is 0.469. The minimum absolute atomic E-state index is 0.208. The Hall–Kier alpha value is -2.94. The van der Waals surface area contributed by atoms with Gasteiger partial charge in [0.1, 0.15) is 5.75 Å². The third-order valence-electron chi connectivity index (χ3n) is 5.06. The van der Waals surface area contributed by atoms with Gasteiger partial charge in [0.2, 0.25) is 0 Å². The van der Waals surface area contributed by atoms with Crippen molar-refractivity contribution in [2.24, 2.45) is 4.99 Å². The van der Waals surface area contributed by atoms with Crippen molar-refractivity contribution in [1.82, 2.24) is 4.90 Å². The molecule has 0 saturated heterocycles. The summed E-state index contributed by atoms with van der Waals surface area (Å²) < 4.78 is 11.0. The number of ether oxygens (including phenoxy) is 2. The maximum atomic E-state index is 12.8. The van der Waals surface area contributed by atoms with E-state index in [0.717, 1.165) is 10.7 Å². The molecule has 1 amide bonds. The number of amides is 1. The van der Waals surface area contributed by atoms with Crippen LogP contribution in [0, 0.1) is 0 Å². The van der Waals surface area contributed by atoms with Gasteiger partial charge in [0.15, 0.2) is 11.8 Å². The van der Waals surface area contributed by atoms with Crippen LogP contribution in [-0.4, -0.2) is 35.2 Å². The van der Waals surface area contributed by atoms with E-state index < -0.39 is 12.0 Å². The molecule has 34 heavy (non-hydrogen) atoms. The molecule has 2 aromatic carbocycles. The van der Waals surface area contributed by atoms with E-state index in [2.05, 4.69) is 10.3 Å². The standard InChI is InChI=1S/C24H21Cl2N3O4S/c1-3-32-23(31)21-14(2)27-24-29(9-10-34-24)22(21)15-5-4-6-17(11-15)33-13-20(30)28-16-7-8-18(25)19(26)12-16/h4-12,22H,3,13H2,1-2H3,(H,28,30)/t22-/m1/s1. The third kappa shape index (κ3) is 5.24. The predicted molar refractivity (Wildman–Crippen MR) is 135 cm³/mol. The smallest absolute Gasteiger partial charge is 0.338 e. The number of thioether (sulfide) groups is 1. The number of hydrogen-bond donors (Lipinski definition) is 1. The van der Waals surface area contributed by atoms with E-state index in [0.29, 0.717) is 32.8 Å². The number of nitrogens with zero attached hydrogens (tertiary/aromatic N) is 2. The first-order valence-electron chi connectivity index (χ1n) is 10.4. The molecule has 0 saturated carbocycles. The Bertz CT molecular complexity index is 1230. The second-order valence-corrected chi connectivity index (χ2v) is 9.05. The van der Waals surface area contributed by atoms with Crippen molar-refractivity contribution in [3.05, 3.63) is 81.0 Å². The number of amidine groups is 1. The molecule has 0 fully saturated rings. The molecule has 7 nitrogen and oxygen atoms in total. The van der Waals surface area contributed by atoms with E-state index in [9.17, 15) is 9.59 Å². The molecule has 1 N–H and O–H groups in total. The van der Waals surface area contributed by atoms with Crippen LogP contribution in [0.25, 0.3) is 0 Å². The number of allylic oxidation sites excluding steroid dienone is 1. The van der Waals surface area contributed by atoms with Crippen molar-refractivity contribution in [3.63, 3.8) is 0 Å². The fourth-order valence-electron chi connectivity index (χ4n) is 3.59. The normalized spacial score (nSPS) is 16.8. The molecule has 0 spiro atoms. The largest absolute Gasteiger partial charge is 0.484 e. The zero-order valence-electron chi connectivity index (χ0n) is 18.4. The number of rotatable bonds is 7. The Morgan fingerprint density at radius 1 is 1.18 bits per heavy atom. The molecular formula is C24H21Cl2N3O4S. The molecule has 2 heterocycles. The molecule has 0 bridgehead atoms. The Labute approximate surface area is 211 Å². The first-order chi connectivity index (χ1) is 16.4. The van der Waals surface area contributed by atoms with Gasteiger partial charge in [-0.05, 0) is 55.2 Å². The number of fused-ring (bicyclic) bond motifs is 1. The number of hydrogen-bond acceptors (Lipinski definition) is 7. The SMILES string of the molecule is CCOC(=O)C1=C(C)N=C2SC=CN2[C@@H]1c1cccc(OCC(=O)Nc2ccc(Cl)c(Cl)c2)c1. The Morgan fingerprint density at radius 3 is 2.76 bits per heavy atom. The lowest BCUT2D eigenvalue weighted by atomic mass is 9.94. The van der Waals surface area contributed by atoms with Crippen LogP contribution in [0.2, 0.25) is 10.0 Å². The highest BCUT2D eigenvalue weighted by Crippen LogP contribution is 2.41. The molecule has 1 atom stereocenters. The van der Waals surface area contributed by atoms with Crippen LogP contribution in [0.4, 0.5) is 5.69 Å². The zero-order valence-corrected chi connectivity index (χ0v) is 20.7. The number of halogens is 2. The average molecular weight is 518 g/mol. The Kier molecular flexibility index (Phi) is 7.50. The summed E-state index contributed by atoms with van der Waals surface area (Å²) in [6, 6.07) is 11.7. The summed E-state index contributed by atoms with van der Waals surface area (Å²) in [6.45, 7) is 3.63. The number of aliphatic imine (C=N–C) groups is 1. The first kappa shape index (κ1) is 24.2. The van der Waals surface area contributed by atoms with Crippen LogP contribution in [0.1, 0.15) is 25.5 Å². The van der Waals surface area contributed by atoms with E-state index in [-0.39, 0.29) is 19.1 Å². The van der Waals surface area contributed by atoms with Crippen molar-refractivity contribution < 1.29 is 19.1 Å². The molecule has 4 rings (SSSR count). The molecular weight excluding hydrogens is 497 g/mol. The topological polar surface area (TPSA) is 80.2 Å². The van der Waals surface area contributed by atoms with E-state index in [1.54, 1.807) is 38.1 Å². The van der Waals surface area contributed by atoms with Gasteiger partial charge in [-0.15, -0.1) is 0 Å². The second kappa shape index (κ2) is 10.5. The zero-order chi connectivity index (χ0) is 24.2. The minimum atomic E-state index is -0.425. The average Bonchev–Trinajstić information content (AvgIpc) is 3.27.